The number of anilines is 1. The van der Waals surface area contributed by atoms with Gasteiger partial charge in [-0.15, -0.1) is 0 Å². The fourth-order valence-corrected chi connectivity index (χ4v) is 3.80. The van der Waals surface area contributed by atoms with Crippen LogP contribution in [0.4, 0.5) is 5.69 Å². The van der Waals surface area contributed by atoms with Crippen LogP contribution in [0, 0.1) is 12.8 Å². The Morgan fingerprint density at radius 3 is 2.73 bits per heavy atom. The zero-order valence-electron chi connectivity index (χ0n) is 14.2. The quantitative estimate of drug-likeness (QED) is 0.858. The molecule has 1 aromatic heterocycles. The summed E-state index contributed by atoms with van der Waals surface area (Å²) >= 11 is 0. The Hall–Kier alpha value is -1.13. The van der Waals surface area contributed by atoms with Crippen molar-refractivity contribution in [1.82, 2.24) is 9.88 Å². The molecule has 3 heterocycles. The summed E-state index contributed by atoms with van der Waals surface area (Å²) < 4.78 is 5.84. The molecule has 0 aliphatic carbocycles. The molecule has 0 amide bonds. The maximum Gasteiger partial charge on any atom is 0.0629 e. The summed E-state index contributed by atoms with van der Waals surface area (Å²) in [6.45, 7) is 13.2. The zero-order valence-corrected chi connectivity index (χ0v) is 14.2. The minimum absolute atomic E-state index is 0.0688. The van der Waals surface area contributed by atoms with Gasteiger partial charge in [0.25, 0.3) is 0 Å². The highest BCUT2D eigenvalue weighted by atomic mass is 16.5. The minimum Gasteiger partial charge on any atom is -0.376 e. The summed E-state index contributed by atoms with van der Waals surface area (Å²) in [5, 5.41) is 0. The fraction of sp³-hybridized carbons (Fsp3) is 0.722. The number of aryl methyl sites for hydroxylation is 1. The predicted octanol–water partition coefficient (Wildman–Crippen LogP) is 2.72. The largest absolute Gasteiger partial charge is 0.376 e. The molecule has 0 saturated carbocycles. The van der Waals surface area contributed by atoms with Crippen molar-refractivity contribution < 1.29 is 4.74 Å². The van der Waals surface area contributed by atoms with Crippen molar-refractivity contribution in [2.45, 2.75) is 39.2 Å². The molecule has 2 fully saturated rings. The second-order valence-electron chi connectivity index (χ2n) is 7.41. The minimum atomic E-state index is 0.0688. The highest BCUT2D eigenvalue weighted by molar-refractivity contribution is 5.46. The molecule has 0 unspecified atom stereocenters. The van der Waals surface area contributed by atoms with Crippen molar-refractivity contribution in [3.63, 3.8) is 0 Å². The molecular weight excluding hydrogens is 274 g/mol. The molecule has 4 heteroatoms. The lowest BCUT2D eigenvalue weighted by molar-refractivity contribution is -0.0769. The van der Waals surface area contributed by atoms with E-state index in [1.807, 2.05) is 6.20 Å². The Kier molecular flexibility index (Phi) is 4.69. The first kappa shape index (κ1) is 15.8. The third kappa shape index (κ3) is 3.99. The molecule has 1 aromatic rings. The van der Waals surface area contributed by atoms with Crippen molar-refractivity contribution in [2.75, 3.05) is 44.2 Å². The molecule has 4 nitrogen and oxygen atoms in total. The molecule has 122 valence electrons. The van der Waals surface area contributed by atoms with Crippen LogP contribution in [0.5, 0.6) is 0 Å². The Morgan fingerprint density at radius 1 is 1.27 bits per heavy atom. The fourth-order valence-electron chi connectivity index (χ4n) is 3.80. The van der Waals surface area contributed by atoms with E-state index < -0.39 is 0 Å². The molecule has 2 saturated heterocycles. The average Bonchev–Trinajstić information content (AvgIpc) is 2.47. The van der Waals surface area contributed by atoms with E-state index in [4.69, 9.17) is 4.74 Å². The average molecular weight is 303 g/mol. The maximum atomic E-state index is 5.84. The van der Waals surface area contributed by atoms with E-state index in [0.717, 1.165) is 31.3 Å². The van der Waals surface area contributed by atoms with E-state index in [9.17, 15) is 0 Å². The molecular formula is C18H29N3O. The first-order valence-electron chi connectivity index (χ1n) is 8.56. The summed E-state index contributed by atoms with van der Waals surface area (Å²) in [6, 6.07) is 4.32. The summed E-state index contributed by atoms with van der Waals surface area (Å²) in [5.74, 6) is 0.790. The number of nitrogens with zero attached hydrogens (tertiary/aromatic N) is 3. The number of piperazine rings is 1. The Labute approximate surface area is 134 Å². The van der Waals surface area contributed by atoms with E-state index in [-0.39, 0.29) is 5.60 Å². The van der Waals surface area contributed by atoms with Crippen molar-refractivity contribution in [1.29, 1.82) is 0 Å². The zero-order chi connectivity index (χ0) is 15.6. The van der Waals surface area contributed by atoms with Crippen LogP contribution < -0.4 is 4.90 Å². The van der Waals surface area contributed by atoms with Crippen LogP contribution in [0.1, 0.15) is 32.4 Å². The second kappa shape index (κ2) is 6.55. The number of hydrogen-bond acceptors (Lipinski definition) is 4. The third-order valence-electron chi connectivity index (χ3n) is 4.93. The van der Waals surface area contributed by atoms with Crippen molar-refractivity contribution in [3.05, 3.63) is 24.0 Å². The maximum absolute atomic E-state index is 5.84. The lowest BCUT2D eigenvalue weighted by Crippen LogP contribution is -2.49. The first-order valence-corrected chi connectivity index (χ1v) is 8.56. The van der Waals surface area contributed by atoms with E-state index in [1.165, 1.54) is 38.2 Å². The summed E-state index contributed by atoms with van der Waals surface area (Å²) in [5.41, 5.74) is 2.49. The number of ether oxygens (including phenoxy) is 1. The van der Waals surface area contributed by atoms with Crippen LogP contribution in [0.25, 0.3) is 0 Å². The number of pyridine rings is 1. The number of aromatic nitrogens is 1. The van der Waals surface area contributed by atoms with Gasteiger partial charge in [-0.25, -0.2) is 0 Å². The topological polar surface area (TPSA) is 28.6 Å². The molecule has 1 atom stereocenters. The summed E-state index contributed by atoms with van der Waals surface area (Å²) in [7, 11) is 0. The van der Waals surface area contributed by atoms with Gasteiger partial charge in [0.2, 0.25) is 0 Å². The van der Waals surface area contributed by atoms with Gasteiger partial charge < -0.3 is 9.64 Å². The predicted molar refractivity (Wildman–Crippen MR) is 90.4 cm³/mol. The standard InChI is InChI=1S/C18H29N3O/c1-15-12-17(4-6-19-15)21-9-7-20(8-10-21)14-16-5-11-22-18(2,3)13-16/h4,6,12,16H,5,7-11,13-14H2,1-3H3/t16-/m1/s1. The van der Waals surface area contributed by atoms with Gasteiger partial charge in [-0.3, -0.25) is 9.88 Å². The van der Waals surface area contributed by atoms with Gasteiger partial charge in [0.05, 0.1) is 5.60 Å². The van der Waals surface area contributed by atoms with Gasteiger partial charge in [0.1, 0.15) is 0 Å². The third-order valence-corrected chi connectivity index (χ3v) is 4.93. The van der Waals surface area contributed by atoms with Gasteiger partial charge in [0, 0.05) is 56.9 Å². The molecule has 2 aliphatic rings. The Bertz CT molecular complexity index is 495. The van der Waals surface area contributed by atoms with Gasteiger partial charge in [-0.2, -0.15) is 0 Å². The molecule has 22 heavy (non-hydrogen) atoms. The summed E-state index contributed by atoms with van der Waals surface area (Å²) in [4.78, 5) is 9.41. The lowest BCUT2D eigenvalue weighted by atomic mass is 9.88. The van der Waals surface area contributed by atoms with Crippen LogP contribution in [-0.2, 0) is 4.74 Å². The molecule has 3 rings (SSSR count). The van der Waals surface area contributed by atoms with Crippen LogP contribution in [0.2, 0.25) is 0 Å². The van der Waals surface area contributed by atoms with Crippen LogP contribution in [0.3, 0.4) is 0 Å². The smallest absolute Gasteiger partial charge is 0.0629 e. The monoisotopic (exact) mass is 303 g/mol. The molecule has 0 spiro atoms. The molecule has 0 N–H and O–H groups in total. The van der Waals surface area contributed by atoms with Crippen LogP contribution in [-0.4, -0.2) is 54.8 Å². The van der Waals surface area contributed by atoms with Crippen molar-refractivity contribution >= 4 is 5.69 Å². The first-order chi connectivity index (χ1) is 10.5. The molecule has 2 aliphatic heterocycles. The second-order valence-corrected chi connectivity index (χ2v) is 7.41. The van der Waals surface area contributed by atoms with Gasteiger partial charge >= 0.3 is 0 Å². The highest BCUT2D eigenvalue weighted by Gasteiger charge is 2.30. The van der Waals surface area contributed by atoms with Gasteiger partial charge in [-0.05, 0) is 51.7 Å². The van der Waals surface area contributed by atoms with Crippen molar-refractivity contribution in [3.8, 4) is 0 Å². The lowest BCUT2D eigenvalue weighted by Gasteiger charge is -2.41. The number of hydrogen-bond donors (Lipinski definition) is 0. The normalized spacial score (nSPS) is 26.1. The molecule has 0 bridgehead atoms. The van der Waals surface area contributed by atoms with E-state index in [1.54, 1.807) is 0 Å². The number of rotatable bonds is 3. The Balaban J connectivity index is 1.49. The highest BCUT2D eigenvalue weighted by Crippen LogP contribution is 2.29. The van der Waals surface area contributed by atoms with Gasteiger partial charge in [0.15, 0.2) is 0 Å². The summed E-state index contributed by atoms with van der Waals surface area (Å²) in [6.07, 6.45) is 4.32. The Morgan fingerprint density at radius 2 is 2.05 bits per heavy atom. The van der Waals surface area contributed by atoms with Gasteiger partial charge in [-0.1, -0.05) is 0 Å². The molecule has 0 radical (unpaired) electrons. The SMILES string of the molecule is Cc1cc(N2CCN(C[C@@H]3CCOC(C)(C)C3)CC2)ccn1. The van der Waals surface area contributed by atoms with E-state index in [2.05, 4.69) is 47.7 Å². The van der Waals surface area contributed by atoms with E-state index in [0.29, 0.717) is 0 Å². The van der Waals surface area contributed by atoms with Crippen LogP contribution >= 0.6 is 0 Å². The van der Waals surface area contributed by atoms with Crippen LogP contribution in [0.15, 0.2) is 18.3 Å². The van der Waals surface area contributed by atoms with E-state index >= 15 is 0 Å². The van der Waals surface area contributed by atoms with Crippen molar-refractivity contribution in [2.24, 2.45) is 5.92 Å². The molecule has 0 aromatic carbocycles.